The molecular weight excluding hydrogens is 256 g/mol. The molecule has 0 aliphatic rings. The van der Waals surface area contributed by atoms with Crippen LogP contribution in [-0.2, 0) is 9.59 Å². The molecule has 0 radical (unpaired) electrons. The molecule has 104 valence electrons. The number of benzene rings is 1. The molecule has 7 heteroatoms. The number of carbonyl (C=O) groups is 2. The fourth-order valence-electron chi connectivity index (χ4n) is 1.41. The highest BCUT2D eigenvalue weighted by atomic mass is 19.2. The first-order chi connectivity index (χ1) is 8.93. The molecule has 4 N–H and O–H groups in total. The highest BCUT2D eigenvalue weighted by Gasteiger charge is 2.12. The molecule has 1 unspecified atom stereocenters. The fraction of sp³-hybridized carbons (Fsp3) is 0.333. The molecule has 1 aromatic carbocycles. The van der Waals surface area contributed by atoms with E-state index in [-0.39, 0.29) is 13.1 Å². The minimum atomic E-state index is -0.977. The van der Waals surface area contributed by atoms with Gasteiger partial charge >= 0.3 is 0 Å². The lowest BCUT2D eigenvalue weighted by Crippen LogP contribution is -2.40. The third-order valence-electron chi connectivity index (χ3n) is 2.45. The molecule has 1 aromatic rings. The standard InChI is InChI=1S/C12H15F2N3O2/c1-7(8-2-3-9(13)10(14)4-8)17-12(19)6-16-11(18)5-15/h2-4,7H,5-6,15H2,1H3,(H,16,18)(H,17,19). The second kappa shape index (κ2) is 6.79. The molecule has 1 rings (SSSR count). The van der Waals surface area contributed by atoms with Crippen molar-refractivity contribution in [3.8, 4) is 0 Å². The topological polar surface area (TPSA) is 84.2 Å². The van der Waals surface area contributed by atoms with Crippen molar-refractivity contribution < 1.29 is 18.4 Å². The van der Waals surface area contributed by atoms with E-state index >= 15 is 0 Å². The van der Waals surface area contributed by atoms with Gasteiger partial charge in [-0.2, -0.15) is 0 Å². The average molecular weight is 271 g/mol. The van der Waals surface area contributed by atoms with Gasteiger partial charge in [-0.25, -0.2) is 8.78 Å². The maximum Gasteiger partial charge on any atom is 0.239 e. The van der Waals surface area contributed by atoms with E-state index in [2.05, 4.69) is 10.6 Å². The fourth-order valence-corrected chi connectivity index (χ4v) is 1.41. The first-order valence-electron chi connectivity index (χ1n) is 5.65. The Morgan fingerprint density at radius 1 is 1.26 bits per heavy atom. The van der Waals surface area contributed by atoms with Crippen LogP contribution in [0, 0.1) is 11.6 Å². The minimum Gasteiger partial charge on any atom is -0.348 e. The van der Waals surface area contributed by atoms with E-state index in [0.29, 0.717) is 5.56 Å². The maximum absolute atomic E-state index is 13.0. The molecule has 1 atom stereocenters. The lowest BCUT2D eigenvalue weighted by molar-refractivity contribution is -0.125. The molecule has 0 aromatic heterocycles. The quantitative estimate of drug-likeness (QED) is 0.716. The van der Waals surface area contributed by atoms with Crippen molar-refractivity contribution in [2.24, 2.45) is 5.73 Å². The maximum atomic E-state index is 13.0. The Labute approximate surface area is 109 Å². The molecule has 0 saturated heterocycles. The number of halogens is 2. The van der Waals surface area contributed by atoms with E-state index < -0.39 is 29.5 Å². The van der Waals surface area contributed by atoms with Gasteiger partial charge in [-0.05, 0) is 24.6 Å². The Morgan fingerprint density at radius 3 is 2.53 bits per heavy atom. The van der Waals surface area contributed by atoms with E-state index in [1.165, 1.54) is 6.07 Å². The SMILES string of the molecule is CC(NC(=O)CNC(=O)CN)c1ccc(F)c(F)c1. The van der Waals surface area contributed by atoms with Gasteiger partial charge in [0.15, 0.2) is 11.6 Å². The third kappa shape index (κ3) is 4.63. The first-order valence-corrected chi connectivity index (χ1v) is 5.65. The Balaban J connectivity index is 2.54. The lowest BCUT2D eigenvalue weighted by atomic mass is 10.1. The van der Waals surface area contributed by atoms with E-state index in [4.69, 9.17) is 5.73 Å². The predicted molar refractivity (Wildman–Crippen MR) is 65.0 cm³/mol. The predicted octanol–water partition coefficient (Wildman–Crippen LogP) is 0.217. The van der Waals surface area contributed by atoms with Crippen LogP contribution in [-0.4, -0.2) is 24.9 Å². The number of hydrogen-bond acceptors (Lipinski definition) is 3. The van der Waals surface area contributed by atoms with Crippen molar-refractivity contribution in [1.29, 1.82) is 0 Å². The van der Waals surface area contributed by atoms with Crippen molar-refractivity contribution in [2.45, 2.75) is 13.0 Å². The van der Waals surface area contributed by atoms with Gasteiger partial charge in [0.25, 0.3) is 0 Å². The Kier molecular flexibility index (Phi) is 5.37. The van der Waals surface area contributed by atoms with Gasteiger partial charge in [0.05, 0.1) is 19.1 Å². The van der Waals surface area contributed by atoms with Gasteiger partial charge in [-0.1, -0.05) is 6.07 Å². The van der Waals surface area contributed by atoms with Gasteiger partial charge in [0.2, 0.25) is 11.8 Å². The van der Waals surface area contributed by atoms with Gasteiger partial charge in [-0.15, -0.1) is 0 Å². The third-order valence-corrected chi connectivity index (χ3v) is 2.45. The summed E-state index contributed by atoms with van der Waals surface area (Å²) in [7, 11) is 0. The van der Waals surface area contributed by atoms with Crippen LogP contribution in [0.4, 0.5) is 8.78 Å². The first kappa shape index (κ1) is 15.0. The van der Waals surface area contributed by atoms with Crippen LogP contribution in [0.1, 0.15) is 18.5 Å². The van der Waals surface area contributed by atoms with Crippen LogP contribution >= 0.6 is 0 Å². The monoisotopic (exact) mass is 271 g/mol. The van der Waals surface area contributed by atoms with Crippen LogP contribution in [0.25, 0.3) is 0 Å². The van der Waals surface area contributed by atoms with E-state index in [1.807, 2.05) is 0 Å². The van der Waals surface area contributed by atoms with Gasteiger partial charge in [0.1, 0.15) is 0 Å². The molecule has 2 amide bonds. The Bertz CT molecular complexity index is 480. The highest BCUT2D eigenvalue weighted by Crippen LogP contribution is 2.15. The second-order valence-corrected chi connectivity index (χ2v) is 3.94. The molecule has 0 aliphatic carbocycles. The van der Waals surface area contributed by atoms with Crippen molar-refractivity contribution in [2.75, 3.05) is 13.1 Å². The number of nitrogens with two attached hydrogens (primary N) is 1. The van der Waals surface area contributed by atoms with Crippen LogP contribution in [0.5, 0.6) is 0 Å². The molecule has 0 bridgehead atoms. The van der Waals surface area contributed by atoms with Crippen molar-refractivity contribution in [3.63, 3.8) is 0 Å². The molecule has 0 saturated carbocycles. The average Bonchev–Trinajstić information content (AvgIpc) is 2.38. The molecule has 19 heavy (non-hydrogen) atoms. The number of nitrogens with one attached hydrogen (secondary N) is 2. The van der Waals surface area contributed by atoms with E-state index in [0.717, 1.165) is 12.1 Å². The summed E-state index contributed by atoms with van der Waals surface area (Å²) in [5, 5.41) is 4.84. The number of carbonyl (C=O) groups excluding carboxylic acids is 2. The molecule has 0 heterocycles. The number of hydrogen-bond donors (Lipinski definition) is 3. The number of rotatable bonds is 5. The molecular formula is C12H15F2N3O2. The molecule has 0 fully saturated rings. The van der Waals surface area contributed by atoms with Crippen LogP contribution in [0.2, 0.25) is 0 Å². The summed E-state index contributed by atoms with van der Waals surface area (Å²) < 4.78 is 25.8. The molecule has 0 spiro atoms. The smallest absolute Gasteiger partial charge is 0.239 e. The van der Waals surface area contributed by atoms with Gasteiger partial charge in [0, 0.05) is 0 Å². The normalized spacial score (nSPS) is 11.8. The van der Waals surface area contributed by atoms with Gasteiger partial charge < -0.3 is 16.4 Å². The summed E-state index contributed by atoms with van der Waals surface area (Å²) in [4.78, 5) is 22.3. The summed E-state index contributed by atoms with van der Waals surface area (Å²) in [6.45, 7) is 1.20. The molecule has 5 nitrogen and oxygen atoms in total. The van der Waals surface area contributed by atoms with Crippen LogP contribution < -0.4 is 16.4 Å². The Morgan fingerprint density at radius 2 is 1.95 bits per heavy atom. The van der Waals surface area contributed by atoms with E-state index in [9.17, 15) is 18.4 Å². The summed E-state index contributed by atoms with van der Waals surface area (Å²) >= 11 is 0. The van der Waals surface area contributed by atoms with Crippen molar-refractivity contribution in [3.05, 3.63) is 35.4 Å². The summed E-state index contributed by atoms with van der Waals surface area (Å²) in [5.41, 5.74) is 5.49. The van der Waals surface area contributed by atoms with Crippen molar-refractivity contribution in [1.82, 2.24) is 10.6 Å². The summed E-state index contributed by atoms with van der Waals surface area (Å²) in [5.74, 6) is -2.82. The van der Waals surface area contributed by atoms with E-state index in [1.54, 1.807) is 6.92 Å². The van der Waals surface area contributed by atoms with Crippen LogP contribution in [0.3, 0.4) is 0 Å². The number of amides is 2. The second-order valence-electron chi connectivity index (χ2n) is 3.94. The minimum absolute atomic E-state index is 0.202. The highest BCUT2D eigenvalue weighted by molar-refractivity contribution is 5.85. The summed E-state index contributed by atoms with van der Waals surface area (Å²) in [6, 6.07) is 2.88. The zero-order valence-electron chi connectivity index (χ0n) is 10.4. The molecule has 0 aliphatic heterocycles. The van der Waals surface area contributed by atoms with Crippen LogP contribution in [0.15, 0.2) is 18.2 Å². The van der Waals surface area contributed by atoms with Crippen molar-refractivity contribution >= 4 is 11.8 Å². The lowest BCUT2D eigenvalue weighted by Gasteiger charge is -2.14. The van der Waals surface area contributed by atoms with Gasteiger partial charge in [-0.3, -0.25) is 9.59 Å². The largest absolute Gasteiger partial charge is 0.348 e. The Hall–Kier alpha value is -2.02. The summed E-state index contributed by atoms with van der Waals surface area (Å²) in [6.07, 6.45) is 0. The zero-order chi connectivity index (χ0) is 14.4. The zero-order valence-corrected chi connectivity index (χ0v) is 10.4.